The maximum atomic E-state index is 12.2. The van der Waals surface area contributed by atoms with E-state index in [1.807, 2.05) is 24.3 Å². The molecule has 28 heavy (non-hydrogen) atoms. The minimum absolute atomic E-state index is 0.223. The van der Waals surface area contributed by atoms with Gasteiger partial charge in [0.25, 0.3) is 0 Å². The molecule has 0 saturated heterocycles. The van der Waals surface area contributed by atoms with Gasteiger partial charge in [-0.05, 0) is 66.4 Å². The Kier molecular flexibility index (Phi) is 5.41. The monoisotopic (exact) mass is 379 g/mol. The number of aromatic nitrogens is 5. The fourth-order valence-electron chi connectivity index (χ4n) is 3.16. The van der Waals surface area contributed by atoms with Crippen molar-refractivity contribution in [1.82, 2.24) is 30.5 Å². The Morgan fingerprint density at radius 1 is 1.18 bits per heavy atom. The molecule has 2 N–H and O–H groups in total. The van der Waals surface area contributed by atoms with E-state index in [9.17, 15) is 4.79 Å². The van der Waals surface area contributed by atoms with Gasteiger partial charge >= 0.3 is 6.03 Å². The van der Waals surface area contributed by atoms with E-state index in [1.165, 1.54) is 23.9 Å². The van der Waals surface area contributed by atoms with Crippen LogP contribution in [0.5, 0.6) is 5.88 Å². The number of pyridine rings is 1. The van der Waals surface area contributed by atoms with Crippen LogP contribution in [0, 0.1) is 0 Å². The van der Waals surface area contributed by atoms with Crippen molar-refractivity contribution in [1.29, 1.82) is 0 Å². The van der Waals surface area contributed by atoms with Crippen LogP contribution in [0.25, 0.3) is 5.69 Å². The minimum Gasteiger partial charge on any atom is -0.474 e. The number of carbonyl (C=O) groups is 1. The summed E-state index contributed by atoms with van der Waals surface area (Å²) < 4.78 is 7.54. The second-order valence-electron chi connectivity index (χ2n) is 6.60. The summed E-state index contributed by atoms with van der Waals surface area (Å²) in [5, 5.41) is 16.7. The van der Waals surface area contributed by atoms with Crippen molar-refractivity contribution in [3.05, 3.63) is 54.5 Å². The second-order valence-corrected chi connectivity index (χ2v) is 6.60. The summed E-state index contributed by atoms with van der Waals surface area (Å²) in [5.41, 5.74) is 2.33. The summed E-state index contributed by atoms with van der Waals surface area (Å²) in [6.45, 7) is 0.338. The smallest absolute Gasteiger partial charge is 0.319 e. The topological polar surface area (TPSA) is 107 Å². The second kappa shape index (κ2) is 8.47. The maximum Gasteiger partial charge on any atom is 0.319 e. The number of rotatable bonds is 6. The fourth-order valence-corrected chi connectivity index (χ4v) is 3.16. The first-order valence-corrected chi connectivity index (χ1v) is 9.27. The van der Waals surface area contributed by atoms with Crippen LogP contribution < -0.4 is 15.4 Å². The third-order valence-electron chi connectivity index (χ3n) is 4.61. The first-order chi connectivity index (χ1) is 13.8. The average Bonchev–Trinajstić information content (AvgIpc) is 3.42. The zero-order valence-electron chi connectivity index (χ0n) is 15.3. The summed E-state index contributed by atoms with van der Waals surface area (Å²) in [6, 6.07) is 10.7. The Hall–Kier alpha value is -3.49. The maximum absolute atomic E-state index is 12.2. The Morgan fingerprint density at radius 2 is 2.00 bits per heavy atom. The summed E-state index contributed by atoms with van der Waals surface area (Å²) >= 11 is 0. The summed E-state index contributed by atoms with van der Waals surface area (Å²) in [7, 11) is 0. The van der Waals surface area contributed by atoms with E-state index >= 15 is 0 Å². The van der Waals surface area contributed by atoms with Crippen molar-refractivity contribution < 1.29 is 9.53 Å². The molecule has 3 aromatic rings. The standard InChI is InChI=1S/C19H21N7O2/c27-19(23-15-7-9-16(10-8-15)26-13-22-24-25-26)21-12-14-4-3-11-20-18(14)28-17-5-1-2-6-17/h3-4,7-11,13,17H,1-2,5-6,12H2,(H2,21,23,27). The number of amides is 2. The molecule has 0 radical (unpaired) electrons. The van der Waals surface area contributed by atoms with Gasteiger partial charge in [-0.2, -0.15) is 0 Å². The molecule has 0 unspecified atom stereocenters. The number of nitrogens with one attached hydrogen (secondary N) is 2. The largest absolute Gasteiger partial charge is 0.474 e. The van der Waals surface area contributed by atoms with E-state index in [0.717, 1.165) is 24.1 Å². The van der Waals surface area contributed by atoms with Crippen molar-refractivity contribution >= 4 is 11.7 Å². The highest BCUT2D eigenvalue weighted by Crippen LogP contribution is 2.25. The molecule has 0 bridgehead atoms. The molecule has 4 rings (SSSR count). The van der Waals surface area contributed by atoms with Gasteiger partial charge in [-0.15, -0.1) is 5.10 Å². The molecule has 0 atom stereocenters. The molecular formula is C19H21N7O2. The normalized spacial score (nSPS) is 14.0. The molecule has 1 saturated carbocycles. The van der Waals surface area contributed by atoms with E-state index in [0.29, 0.717) is 18.1 Å². The van der Waals surface area contributed by atoms with Crippen molar-refractivity contribution in [3.63, 3.8) is 0 Å². The lowest BCUT2D eigenvalue weighted by atomic mass is 10.2. The van der Waals surface area contributed by atoms with Crippen LogP contribution >= 0.6 is 0 Å². The van der Waals surface area contributed by atoms with Gasteiger partial charge in [0.1, 0.15) is 12.4 Å². The zero-order valence-corrected chi connectivity index (χ0v) is 15.3. The van der Waals surface area contributed by atoms with Gasteiger partial charge in [-0.25, -0.2) is 14.5 Å². The van der Waals surface area contributed by atoms with E-state index in [4.69, 9.17) is 4.74 Å². The molecule has 9 nitrogen and oxygen atoms in total. The summed E-state index contributed by atoms with van der Waals surface area (Å²) in [6.07, 6.45) is 7.95. The summed E-state index contributed by atoms with van der Waals surface area (Å²) in [4.78, 5) is 16.6. The van der Waals surface area contributed by atoms with Crippen molar-refractivity contribution in [2.24, 2.45) is 0 Å². The molecule has 0 aliphatic heterocycles. The van der Waals surface area contributed by atoms with Crippen molar-refractivity contribution in [2.45, 2.75) is 38.3 Å². The molecule has 9 heteroatoms. The van der Waals surface area contributed by atoms with Gasteiger partial charge in [0, 0.05) is 24.0 Å². The number of anilines is 1. The Morgan fingerprint density at radius 3 is 2.75 bits per heavy atom. The van der Waals surface area contributed by atoms with Gasteiger partial charge < -0.3 is 15.4 Å². The predicted octanol–water partition coefficient (Wildman–Crippen LogP) is 2.70. The minimum atomic E-state index is -0.300. The highest BCUT2D eigenvalue weighted by molar-refractivity contribution is 5.89. The van der Waals surface area contributed by atoms with Crippen LogP contribution in [0.4, 0.5) is 10.5 Å². The van der Waals surface area contributed by atoms with Gasteiger partial charge in [-0.3, -0.25) is 0 Å². The van der Waals surface area contributed by atoms with Crippen molar-refractivity contribution in [3.8, 4) is 11.6 Å². The van der Waals surface area contributed by atoms with E-state index in [1.54, 1.807) is 18.3 Å². The molecule has 2 aromatic heterocycles. The number of carbonyl (C=O) groups excluding carboxylic acids is 1. The van der Waals surface area contributed by atoms with Gasteiger partial charge in [0.2, 0.25) is 5.88 Å². The number of tetrazole rings is 1. The van der Waals surface area contributed by atoms with Gasteiger partial charge in [-0.1, -0.05) is 6.07 Å². The van der Waals surface area contributed by atoms with E-state index < -0.39 is 0 Å². The lowest BCUT2D eigenvalue weighted by Gasteiger charge is -2.15. The third kappa shape index (κ3) is 4.43. The first kappa shape index (κ1) is 17.9. The van der Waals surface area contributed by atoms with E-state index in [2.05, 4.69) is 31.1 Å². The number of hydrogen-bond donors (Lipinski definition) is 2. The predicted molar refractivity (Wildman–Crippen MR) is 102 cm³/mol. The van der Waals surface area contributed by atoms with E-state index in [-0.39, 0.29) is 12.1 Å². The molecule has 2 amide bonds. The molecular weight excluding hydrogens is 358 g/mol. The summed E-state index contributed by atoms with van der Waals surface area (Å²) in [5.74, 6) is 0.598. The Labute approximate surface area is 162 Å². The Balaban J connectivity index is 1.32. The SMILES string of the molecule is O=C(NCc1cccnc1OC1CCCC1)Nc1ccc(-n2cnnn2)cc1. The highest BCUT2D eigenvalue weighted by Gasteiger charge is 2.18. The average molecular weight is 379 g/mol. The molecule has 1 aliphatic rings. The van der Waals surface area contributed by atoms with Crippen LogP contribution in [0.2, 0.25) is 0 Å². The number of hydrogen-bond acceptors (Lipinski definition) is 6. The van der Waals surface area contributed by atoms with Gasteiger partial charge in [0.15, 0.2) is 0 Å². The third-order valence-corrected chi connectivity index (χ3v) is 4.61. The van der Waals surface area contributed by atoms with Crippen LogP contribution in [0.3, 0.4) is 0 Å². The molecule has 0 spiro atoms. The van der Waals surface area contributed by atoms with Crippen molar-refractivity contribution in [2.75, 3.05) is 5.32 Å². The van der Waals surface area contributed by atoms with Crippen LogP contribution in [-0.2, 0) is 6.54 Å². The van der Waals surface area contributed by atoms with Crippen LogP contribution in [0.15, 0.2) is 48.9 Å². The Bertz CT molecular complexity index is 906. The molecule has 1 aliphatic carbocycles. The molecule has 1 aromatic carbocycles. The quantitative estimate of drug-likeness (QED) is 0.682. The number of ether oxygens (including phenoxy) is 1. The lowest BCUT2D eigenvalue weighted by Crippen LogP contribution is -2.28. The van der Waals surface area contributed by atoms with Crippen LogP contribution in [0.1, 0.15) is 31.2 Å². The molecule has 1 fully saturated rings. The van der Waals surface area contributed by atoms with Crippen LogP contribution in [-0.4, -0.2) is 37.3 Å². The zero-order chi connectivity index (χ0) is 19.2. The lowest BCUT2D eigenvalue weighted by molar-refractivity contribution is 0.199. The number of benzene rings is 1. The number of urea groups is 1. The van der Waals surface area contributed by atoms with Gasteiger partial charge in [0.05, 0.1) is 5.69 Å². The first-order valence-electron chi connectivity index (χ1n) is 9.27. The number of nitrogens with zero attached hydrogens (tertiary/aromatic N) is 5. The molecule has 144 valence electrons. The molecule has 2 heterocycles. The highest BCUT2D eigenvalue weighted by atomic mass is 16.5. The fraction of sp³-hybridized carbons (Fsp3) is 0.316.